The van der Waals surface area contributed by atoms with Gasteiger partial charge in [-0.25, -0.2) is 10.6 Å². The zero-order valence-electron chi connectivity index (χ0n) is 13.0. The zero-order chi connectivity index (χ0) is 16.0. The van der Waals surface area contributed by atoms with Crippen molar-refractivity contribution in [3.8, 4) is 0 Å². The Morgan fingerprint density at radius 2 is 2.10 bits per heavy atom. The number of carbonyl (C=O) groups excluding carboxylic acids is 1. The Bertz CT molecular complexity index is 521. The number of nitrogens with zero attached hydrogens (tertiary/aromatic N) is 1. The summed E-state index contributed by atoms with van der Waals surface area (Å²) in [5.74, 6) is 6.03. The number of benzene rings is 1. The van der Waals surface area contributed by atoms with Gasteiger partial charge in [-0.05, 0) is 45.4 Å². The van der Waals surface area contributed by atoms with Crippen molar-refractivity contribution in [2.24, 2.45) is 11.6 Å². The number of rotatable bonds is 4. The molecule has 1 rings (SSSR count). The van der Waals surface area contributed by atoms with Crippen LogP contribution in [0, 0.1) is 6.92 Å². The molecule has 0 aliphatic carbocycles. The van der Waals surface area contributed by atoms with Gasteiger partial charge in [0.25, 0.3) is 0 Å². The maximum absolute atomic E-state index is 11.6. The van der Waals surface area contributed by atoms with Gasteiger partial charge in [0, 0.05) is 6.20 Å². The fourth-order valence-corrected chi connectivity index (χ4v) is 1.64. The van der Waals surface area contributed by atoms with Gasteiger partial charge in [0.1, 0.15) is 5.60 Å². The molecule has 1 aromatic rings. The largest absolute Gasteiger partial charge is 0.444 e. The predicted molar refractivity (Wildman–Crippen MR) is 84.4 cm³/mol. The lowest BCUT2D eigenvalue weighted by Crippen LogP contribution is -2.39. The normalized spacial score (nSPS) is 12.0. The smallest absolute Gasteiger partial charge is 0.407 e. The lowest BCUT2D eigenvalue weighted by molar-refractivity contribution is 0.0532. The molecule has 0 aliphatic rings. The number of ether oxygens (including phenoxy) is 1. The number of alkyl carbamates (subject to hydrolysis) is 1. The number of aryl methyl sites for hydroxylation is 1. The Balaban J connectivity index is 2.66. The first-order valence-corrected chi connectivity index (χ1v) is 6.72. The van der Waals surface area contributed by atoms with E-state index in [9.17, 15) is 4.79 Å². The predicted octanol–water partition coefficient (Wildman–Crippen LogP) is 2.00. The maximum Gasteiger partial charge on any atom is 0.407 e. The van der Waals surface area contributed by atoms with Crippen LogP contribution < -0.4 is 21.9 Å². The van der Waals surface area contributed by atoms with Crippen LogP contribution in [0.3, 0.4) is 0 Å². The van der Waals surface area contributed by atoms with E-state index in [0.29, 0.717) is 5.70 Å². The molecule has 0 aliphatic heterocycles. The highest BCUT2D eigenvalue weighted by atomic mass is 16.6. The molecule has 5 N–H and O–H groups in total. The highest BCUT2D eigenvalue weighted by Crippen LogP contribution is 2.16. The number of anilines is 1. The molecule has 0 heterocycles. The first-order valence-electron chi connectivity index (χ1n) is 6.72. The third-order valence-electron chi connectivity index (χ3n) is 2.59. The Labute approximate surface area is 125 Å². The number of hydrazine groups is 1. The van der Waals surface area contributed by atoms with E-state index in [0.717, 1.165) is 11.3 Å². The van der Waals surface area contributed by atoms with Gasteiger partial charge < -0.3 is 15.8 Å². The van der Waals surface area contributed by atoms with Gasteiger partial charge in [-0.15, -0.1) is 0 Å². The van der Waals surface area contributed by atoms with E-state index in [-0.39, 0.29) is 6.54 Å². The highest BCUT2D eigenvalue weighted by Gasteiger charge is 2.17. The summed E-state index contributed by atoms with van der Waals surface area (Å²) >= 11 is 0. The Hall–Kier alpha value is -2.21. The molecular formula is C15H24N4O2. The minimum absolute atomic E-state index is 0.176. The van der Waals surface area contributed by atoms with E-state index in [2.05, 4.69) is 5.32 Å². The van der Waals surface area contributed by atoms with E-state index >= 15 is 0 Å². The quantitative estimate of drug-likeness (QED) is 0.583. The average molecular weight is 292 g/mol. The molecule has 1 amide bonds. The molecule has 0 aromatic heterocycles. The molecule has 116 valence electrons. The molecule has 0 bridgehead atoms. The zero-order valence-corrected chi connectivity index (χ0v) is 13.0. The van der Waals surface area contributed by atoms with Crippen molar-refractivity contribution < 1.29 is 9.53 Å². The van der Waals surface area contributed by atoms with Crippen molar-refractivity contribution in [3.05, 3.63) is 41.7 Å². The molecule has 6 heteroatoms. The molecule has 0 atom stereocenters. The number of hydrogen-bond donors (Lipinski definition) is 3. The standard InChI is InChI=1S/C15H24N4O2/c1-11-6-5-7-12(8-11)19(17)13(9-16)10-18-14(20)21-15(2,3)4/h5-9H,10,16-17H2,1-4H3,(H,18,20)/b13-9-. The molecule has 1 aromatic carbocycles. The number of hydrogen-bond acceptors (Lipinski definition) is 5. The first kappa shape index (κ1) is 16.8. The van der Waals surface area contributed by atoms with Gasteiger partial charge in [0.15, 0.2) is 0 Å². The van der Waals surface area contributed by atoms with Crippen molar-refractivity contribution in [1.29, 1.82) is 0 Å². The van der Waals surface area contributed by atoms with Crippen LogP contribution in [0.2, 0.25) is 0 Å². The van der Waals surface area contributed by atoms with Gasteiger partial charge in [0.05, 0.1) is 17.9 Å². The molecule has 0 radical (unpaired) electrons. The summed E-state index contributed by atoms with van der Waals surface area (Å²) in [6.07, 6.45) is 0.846. The van der Waals surface area contributed by atoms with E-state index < -0.39 is 11.7 Å². The molecule has 0 spiro atoms. The molecule has 0 unspecified atom stereocenters. The number of amides is 1. The van der Waals surface area contributed by atoms with Crippen molar-refractivity contribution in [1.82, 2.24) is 5.32 Å². The summed E-state index contributed by atoms with van der Waals surface area (Å²) in [4.78, 5) is 11.6. The second kappa shape index (κ2) is 6.99. The van der Waals surface area contributed by atoms with Crippen molar-refractivity contribution >= 4 is 11.8 Å². The third-order valence-corrected chi connectivity index (χ3v) is 2.59. The molecule has 0 fully saturated rings. The van der Waals surface area contributed by atoms with Gasteiger partial charge in [-0.1, -0.05) is 12.1 Å². The van der Waals surface area contributed by atoms with Crippen LogP contribution in [0.15, 0.2) is 36.2 Å². The summed E-state index contributed by atoms with van der Waals surface area (Å²) in [5.41, 5.74) is 7.47. The fraction of sp³-hybridized carbons (Fsp3) is 0.400. The van der Waals surface area contributed by atoms with Crippen LogP contribution in [0.4, 0.5) is 10.5 Å². The summed E-state index contributed by atoms with van der Waals surface area (Å²) in [7, 11) is 0. The molecule has 6 nitrogen and oxygen atoms in total. The Kier molecular flexibility index (Phi) is 5.60. The van der Waals surface area contributed by atoms with Crippen LogP contribution >= 0.6 is 0 Å². The van der Waals surface area contributed by atoms with Gasteiger partial charge in [-0.2, -0.15) is 0 Å². The molecule has 0 saturated carbocycles. The maximum atomic E-state index is 11.6. The highest BCUT2D eigenvalue weighted by molar-refractivity contribution is 5.68. The van der Waals surface area contributed by atoms with Crippen LogP contribution in [0.1, 0.15) is 26.3 Å². The fourth-order valence-electron chi connectivity index (χ4n) is 1.64. The summed E-state index contributed by atoms with van der Waals surface area (Å²) in [5, 5.41) is 4.06. The number of nitrogens with two attached hydrogens (primary N) is 2. The minimum Gasteiger partial charge on any atom is -0.444 e. The second-order valence-electron chi connectivity index (χ2n) is 5.72. The van der Waals surface area contributed by atoms with Crippen molar-refractivity contribution in [2.75, 3.05) is 11.6 Å². The summed E-state index contributed by atoms with van der Waals surface area (Å²) in [6.45, 7) is 7.55. The van der Waals surface area contributed by atoms with Gasteiger partial charge >= 0.3 is 6.09 Å². The van der Waals surface area contributed by atoms with Crippen LogP contribution in [0.25, 0.3) is 0 Å². The van der Waals surface area contributed by atoms with Crippen molar-refractivity contribution in [2.45, 2.75) is 33.3 Å². The van der Waals surface area contributed by atoms with E-state index in [1.165, 1.54) is 11.2 Å². The molecule has 21 heavy (non-hydrogen) atoms. The van der Waals surface area contributed by atoms with Crippen LogP contribution in [-0.2, 0) is 4.74 Å². The lowest BCUT2D eigenvalue weighted by atomic mass is 10.2. The molecule has 0 saturated heterocycles. The Morgan fingerprint density at radius 1 is 1.43 bits per heavy atom. The van der Waals surface area contributed by atoms with E-state index in [1.807, 2.05) is 31.2 Å². The average Bonchev–Trinajstić information content (AvgIpc) is 2.37. The van der Waals surface area contributed by atoms with E-state index in [4.69, 9.17) is 16.3 Å². The van der Waals surface area contributed by atoms with Gasteiger partial charge in [-0.3, -0.25) is 5.01 Å². The second-order valence-corrected chi connectivity index (χ2v) is 5.72. The van der Waals surface area contributed by atoms with Crippen LogP contribution in [-0.4, -0.2) is 18.2 Å². The van der Waals surface area contributed by atoms with Crippen LogP contribution in [0.5, 0.6) is 0 Å². The molecular weight excluding hydrogens is 268 g/mol. The Morgan fingerprint density at radius 3 is 2.62 bits per heavy atom. The van der Waals surface area contributed by atoms with Gasteiger partial charge in [0.2, 0.25) is 0 Å². The summed E-state index contributed by atoms with van der Waals surface area (Å²) < 4.78 is 5.16. The number of nitrogens with one attached hydrogen (secondary N) is 1. The SMILES string of the molecule is Cc1cccc(N(N)/C(=C\N)CNC(=O)OC(C)(C)C)c1. The monoisotopic (exact) mass is 292 g/mol. The van der Waals surface area contributed by atoms with E-state index in [1.54, 1.807) is 20.8 Å². The first-order chi connectivity index (χ1) is 9.73. The number of carbonyl (C=O) groups is 1. The third kappa shape index (κ3) is 5.74. The summed E-state index contributed by atoms with van der Waals surface area (Å²) in [6, 6.07) is 7.67. The lowest BCUT2D eigenvalue weighted by Gasteiger charge is -2.24. The topological polar surface area (TPSA) is 93.6 Å². The minimum atomic E-state index is -0.546. The van der Waals surface area contributed by atoms with Crippen molar-refractivity contribution in [3.63, 3.8) is 0 Å².